The molecule has 1 aromatic carbocycles. The molecule has 80 valence electrons. The Morgan fingerprint density at radius 3 is 2.73 bits per heavy atom. The maximum Gasteiger partial charge on any atom is 0.252 e. The standard InChI is InChI=1S/C12H14BrNO/c1-8-4-3-5-9(10(8)13)11(15)14-12(2)6-7-12/h3-5H,6-7H2,1-2H3,(H,14,15). The number of halogens is 1. The van der Waals surface area contributed by atoms with E-state index in [1.165, 1.54) is 0 Å². The van der Waals surface area contributed by atoms with Gasteiger partial charge >= 0.3 is 0 Å². The summed E-state index contributed by atoms with van der Waals surface area (Å²) in [6.45, 7) is 4.06. The molecule has 0 radical (unpaired) electrons. The molecule has 0 spiro atoms. The van der Waals surface area contributed by atoms with Gasteiger partial charge in [0.05, 0.1) is 5.56 Å². The van der Waals surface area contributed by atoms with Gasteiger partial charge in [0.15, 0.2) is 0 Å². The molecule has 0 heterocycles. The van der Waals surface area contributed by atoms with E-state index in [0.717, 1.165) is 28.4 Å². The smallest absolute Gasteiger partial charge is 0.252 e. The molecule has 0 atom stereocenters. The zero-order valence-electron chi connectivity index (χ0n) is 8.93. The zero-order chi connectivity index (χ0) is 11.1. The van der Waals surface area contributed by atoms with Crippen molar-refractivity contribution < 1.29 is 4.79 Å². The molecule has 1 aliphatic carbocycles. The first-order chi connectivity index (χ1) is 7.02. The molecule has 1 fully saturated rings. The number of hydrogen-bond donors (Lipinski definition) is 1. The van der Waals surface area contributed by atoms with E-state index in [1.807, 2.05) is 25.1 Å². The van der Waals surface area contributed by atoms with Crippen LogP contribution in [0.25, 0.3) is 0 Å². The van der Waals surface area contributed by atoms with Crippen molar-refractivity contribution in [1.29, 1.82) is 0 Å². The lowest BCUT2D eigenvalue weighted by atomic mass is 10.1. The molecule has 1 aliphatic rings. The van der Waals surface area contributed by atoms with Crippen LogP contribution in [0.2, 0.25) is 0 Å². The largest absolute Gasteiger partial charge is 0.347 e. The second kappa shape index (κ2) is 3.63. The topological polar surface area (TPSA) is 29.1 Å². The monoisotopic (exact) mass is 267 g/mol. The first-order valence-corrected chi connectivity index (χ1v) is 5.89. The Kier molecular flexibility index (Phi) is 2.59. The Morgan fingerprint density at radius 1 is 1.47 bits per heavy atom. The molecule has 2 nitrogen and oxygen atoms in total. The Bertz CT molecular complexity index is 410. The van der Waals surface area contributed by atoms with Gasteiger partial charge in [-0.25, -0.2) is 0 Å². The third kappa shape index (κ3) is 2.23. The van der Waals surface area contributed by atoms with Crippen molar-refractivity contribution in [3.63, 3.8) is 0 Å². The Morgan fingerprint density at radius 2 is 2.13 bits per heavy atom. The Hall–Kier alpha value is -0.830. The van der Waals surface area contributed by atoms with Crippen LogP contribution >= 0.6 is 15.9 Å². The van der Waals surface area contributed by atoms with Crippen LogP contribution in [0.1, 0.15) is 35.7 Å². The number of nitrogens with one attached hydrogen (secondary N) is 1. The van der Waals surface area contributed by atoms with Crippen molar-refractivity contribution in [1.82, 2.24) is 5.32 Å². The lowest BCUT2D eigenvalue weighted by Crippen LogP contribution is -2.34. The molecule has 1 amide bonds. The van der Waals surface area contributed by atoms with E-state index in [9.17, 15) is 4.79 Å². The van der Waals surface area contributed by atoms with E-state index >= 15 is 0 Å². The average Bonchev–Trinajstić information content (AvgIpc) is 2.88. The predicted octanol–water partition coefficient (Wildman–Crippen LogP) is 3.04. The molecule has 1 aromatic rings. The molecule has 0 saturated heterocycles. The van der Waals surface area contributed by atoms with Gasteiger partial charge in [-0.1, -0.05) is 12.1 Å². The summed E-state index contributed by atoms with van der Waals surface area (Å²) in [6, 6.07) is 5.74. The summed E-state index contributed by atoms with van der Waals surface area (Å²) >= 11 is 3.45. The van der Waals surface area contributed by atoms with Crippen LogP contribution in [0.4, 0.5) is 0 Å². The van der Waals surface area contributed by atoms with Crippen LogP contribution in [0.5, 0.6) is 0 Å². The highest BCUT2D eigenvalue weighted by Gasteiger charge is 2.39. The summed E-state index contributed by atoms with van der Waals surface area (Å²) in [5.41, 5.74) is 1.85. The van der Waals surface area contributed by atoms with Crippen molar-refractivity contribution in [3.8, 4) is 0 Å². The summed E-state index contributed by atoms with van der Waals surface area (Å²) < 4.78 is 0.895. The third-order valence-corrected chi connectivity index (χ3v) is 3.90. The van der Waals surface area contributed by atoms with E-state index in [1.54, 1.807) is 0 Å². The van der Waals surface area contributed by atoms with E-state index < -0.39 is 0 Å². The first-order valence-electron chi connectivity index (χ1n) is 5.09. The maximum absolute atomic E-state index is 11.9. The van der Waals surface area contributed by atoms with Crippen molar-refractivity contribution in [3.05, 3.63) is 33.8 Å². The summed E-state index contributed by atoms with van der Waals surface area (Å²) in [7, 11) is 0. The molecule has 2 rings (SSSR count). The fourth-order valence-electron chi connectivity index (χ4n) is 1.48. The maximum atomic E-state index is 11.9. The van der Waals surface area contributed by atoms with Gasteiger partial charge in [0.25, 0.3) is 5.91 Å². The second-order valence-corrected chi connectivity index (χ2v) is 5.24. The Labute approximate surface area is 98.2 Å². The molecule has 15 heavy (non-hydrogen) atoms. The summed E-state index contributed by atoms with van der Waals surface area (Å²) in [5.74, 6) is 0.0191. The number of hydrogen-bond acceptors (Lipinski definition) is 1. The van der Waals surface area contributed by atoms with Gasteiger partial charge in [-0.05, 0) is 54.2 Å². The lowest BCUT2D eigenvalue weighted by molar-refractivity contribution is 0.0934. The van der Waals surface area contributed by atoms with Gasteiger partial charge in [0.1, 0.15) is 0 Å². The molecular formula is C12H14BrNO. The van der Waals surface area contributed by atoms with E-state index in [-0.39, 0.29) is 11.4 Å². The highest BCUT2D eigenvalue weighted by Crippen LogP contribution is 2.35. The molecule has 0 bridgehead atoms. The quantitative estimate of drug-likeness (QED) is 0.877. The predicted molar refractivity (Wildman–Crippen MR) is 64.0 cm³/mol. The molecule has 0 aromatic heterocycles. The van der Waals surface area contributed by atoms with Crippen LogP contribution in [0, 0.1) is 6.92 Å². The first kappa shape index (κ1) is 10.7. The fourth-order valence-corrected chi connectivity index (χ4v) is 1.92. The van der Waals surface area contributed by atoms with Crippen molar-refractivity contribution >= 4 is 21.8 Å². The number of rotatable bonds is 2. The molecule has 3 heteroatoms. The van der Waals surface area contributed by atoms with E-state index in [4.69, 9.17) is 0 Å². The number of carbonyl (C=O) groups is 1. The van der Waals surface area contributed by atoms with Crippen LogP contribution in [0.3, 0.4) is 0 Å². The minimum Gasteiger partial charge on any atom is -0.347 e. The van der Waals surface area contributed by atoms with Gasteiger partial charge in [-0.2, -0.15) is 0 Å². The minimum atomic E-state index is 0.0191. The van der Waals surface area contributed by atoms with Crippen molar-refractivity contribution in [2.75, 3.05) is 0 Å². The molecule has 0 unspecified atom stereocenters. The molecular weight excluding hydrogens is 254 g/mol. The number of aryl methyl sites for hydroxylation is 1. The number of amides is 1. The van der Waals surface area contributed by atoms with E-state index in [0.29, 0.717) is 0 Å². The summed E-state index contributed by atoms with van der Waals surface area (Å²) in [4.78, 5) is 11.9. The third-order valence-electron chi connectivity index (χ3n) is 2.85. The minimum absolute atomic E-state index is 0.0191. The van der Waals surface area contributed by atoms with Crippen molar-refractivity contribution in [2.24, 2.45) is 0 Å². The fraction of sp³-hybridized carbons (Fsp3) is 0.417. The Balaban J connectivity index is 2.21. The van der Waals surface area contributed by atoms with Gasteiger partial charge in [0, 0.05) is 10.0 Å². The highest BCUT2D eigenvalue weighted by atomic mass is 79.9. The molecule has 1 N–H and O–H groups in total. The molecule has 0 aliphatic heterocycles. The van der Waals surface area contributed by atoms with Gasteiger partial charge < -0.3 is 5.32 Å². The normalized spacial score (nSPS) is 17.3. The number of benzene rings is 1. The average molecular weight is 268 g/mol. The van der Waals surface area contributed by atoms with Crippen molar-refractivity contribution in [2.45, 2.75) is 32.2 Å². The van der Waals surface area contributed by atoms with Crippen LogP contribution in [-0.2, 0) is 0 Å². The van der Waals surface area contributed by atoms with Gasteiger partial charge in [0.2, 0.25) is 0 Å². The van der Waals surface area contributed by atoms with Crippen LogP contribution in [-0.4, -0.2) is 11.4 Å². The zero-order valence-corrected chi connectivity index (χ0v) is 10.5. The summed E-state index contributed by atoms with van der Waals surface area (Å²) in [6.07, 6.45) is 2.17. The number of carbonyl (C=O) groups excluding carboxylic acids is 1. The molecule has 1 saturated carbocycles. The van der Waals surface area contributed by atoms with E-state index in [2.05, 4.69) is 28.2 Å². The van der Waals surface area contributed by atoms with Crippen LogP contribution in [0.15, 0.2) is 22.7 Å². The highest BCUT2D eigenvalue weighted by molar-refractivity contribution is 9.10. The van der Waals surface area contributed by atoms with Gasteiger partial charge in [-0.3, -0.25) is 4.79 Å². The SMILES string of the molecule is Cc1cccc(C(=O)NC2(C)CC2)c1Br. The van der Waals surface area contributed by atoms with Gasteiger partial charge in [-0.15, -0.1) is 0 Å². The van der Waals surface area contributed by atoms with Crippen LogP contribution < -0.4 is 5.32 Å². The summed E-state index contributed by atoms with van der Waals surface area (Å²) in [5, 5.41) is 3.05. The second-order valence-electron chi connectivity index (χ2n) is 4.45. The lowest BCUT2D eigenvalue weighted by Gasteiger charge is -2.13.